The number of ether oxygens (including phenoxy) is 2. The Morgan fingerprint density at radius 2 is 2.00 bits per heavy atom. The summed E-state index contributed by atoms with van der Waals surface area (Å²) in [6.07, 6.45) is 1.16. The number of anilines is 1. The fraction of sp³-hybridized carbons (Fsp3) is 0.400. The molecule has 3 heterocycles. The van der Waals surface area contributed by atoms with Gasteiger partial charge in [-0.2, -0.15) is 0 Å². The minimum atomic E-state index is -0.584. The topological polar surface area (TPSA) is 86.8 Å². The second kappa shape index (κ2) is 8.48. The average Bonchev–Trinajstić information content (AvgIpc) is 3.10. The zero-order chi connectivity index (χ0) is 22.2. The first-order valence-corrected chi connectivity index (χ1v) is 11.1. The molecule has 0 saturated carbocycles. The van der Waals surface area contributed by atoms with E-state index >= 15 is 0 Å². The van der Waals surface area contributed by atoms with Crippen LogP contribution in [0.5, 0.6) is 11.5 Å². The van der Waals surface area contributed by atoms with Crippen LogP contribution in [-0.2, 0) is 17.8 Å². The Labute approximate surface area is 187 Å². The van der Waals surface area contributed by atoms with Gasteiger partial charge >= 0.3 is 0 Å². The van der Waals surface area contributed by atoms with Gasteiger partial charge in [-0.3, -0.25) is 9.69 Å². The maximum Gasteiger partial charge on any atom is 0.224 e. The molecule has 1 aromatic heterocycles. The van der Waals surface area contributed by atoms with Crippen molar-refractivity contribution in [3.63, 3.8) is 0 Å². The maximum absolute atomic E-state index is 11.7. The van der Waals surface area contributed by atoms with E-state index in [1.54, 1.807) is 7.11 Å². The van der Waals surface area contributed by atoms with E-state index in [4.69, 9.17) is 9.47 Å². The predicted molar refractivity (Wildman–Crippen MR) is 123 cm³/mol. The van der Waals surface area contributed by atoms with Crippen LogP contribution in [0.4, 0.5) is 5.69 Å². The van der Waals surface area contributed by atoms with Gasteiger partial charge in [0, 0.05) is 54.4 Å². The number of likely N-dealkylation sites (tertiary alicyclic amines) is 1. The van der Waals surface area contributed by atoms with Crippen LogP contribution in [-0.4, -0.2) is 53.3 Å². The van der Waals surface area contributed by atoms with Gasteiger partial charge in [0.2, 0.25) is 5.91 Å². The minimum absolute atomic E-state index is 0.0358. The van der Waals surface area contributed by atoms with E-state index in [9.17, 15) is 9.90 Å². The number of aromatic nitrogens is 1. The molecule has 0 aliphatic carbocycles. The van der Waals surface area contributed by atoms with Crippen LogP contribution in [0.3, 0.4) is 0 Å². The van der Waals surface area contributed by atoms with Crippen LogP contribution in [0.2, 0.25) is 0 Å². The van der Waals surface area contributed by atoms with E-state index in [-0.39, 0.29) is 12.0 Å². The average molecular weight is 436 g/mol. The molecular weight excluding hydrogens is 406 g/mol. The van der Waals surface area contributed by atoms with E-state index in [0.29, 0.717) is 18.7 Å². The molecule has 2 aliphatic heterocycles. The molecule has 1 saturated heterocycles. The number of β-amino-alcohol motifs (C(OH)–C–C–N with tert-alkyl or cyclic N) is 1. The summed E-state index contributed by atoms with van der Waals surface area (Å²) in [5.41, 5.74) is 5.40. The molecule has 168 valence electrons. The summed E-state index contributed by atoms with van der Waals surface area (Å²) in [4.78, 5) is 17.4. The molecule has 2 atom stereocenters. The molecule has 5 rings (SSSR count). The van der Waals surface area contributed by atoms with Gasteiger partial charge in [0.25, 0.3) is 0 Å². The smallest absolute Gasteiger partial charge is 0.224 e. The molecule has 2 aliphatic rings. The molecule has 0 radical (unpaired) electrons. The van der Waals surface area contributed by atoms with Crippen molar-refractivity contribution < 1.29 is 19.4 Å². The Bertz CT molecular complexity index is 1160. The molecular formula is C25H29N3O4. The van der Waals surface area contributed by atoms with Gasteiger partial charge in [0.1, 0.15) is 23.7 Å². The highest BCUT2D eigenvalue weighted by molar-refractivity contribution is 5.94. The van der Waals surface area contributed by atoms with Gasteiger partial charge in [-0.25, -0.2) is 0 Å². The lowest BCUT2D eigenvalue weighted by atomic mass is 10.0. The molecule has 7 heteroatoms. The number of amides is 1. The van der Waals surface area contributed by atoms with Gasteiger partial charge in [0.15, 0.2) is 0 Å². The SMILES string of the molecule is COc1ccc2[nH]c(CN3CC[C@@H](Oc4ccc5c(c4)NC(=O)CC5)[C@H](O)C3)c(C)c2c1. The van der Waals surface area contributed by atoms with Crippen molar-refractivity contribution in [2.75, 3.05) is 25.5 Å². The monoisotopic (exact) mass is 435 g/mol. The highest BCUT2D eigenvalue weighted by Gasteiger charge is 2.30. The van der Waals surface area contributed by atoms with Crippen molar-refractivity contribution in [1.29, 1.82) is 0 Å². The minimum Gasteiger partial charge on any atom is -0.497 e. The third kappa shape index (κ3) is 4.06. The summed E-state index contributed by atoms with van der Waals surface area (Å²) in [5.74, 6) is 1.57. The second-order valence-corrected chi connectivity index (χ2v) is 8.75. The number of piperidine rings is 1. The number of hydrogen-bond acceptors (Lipinski definition) is 5. The number of nitrogens with zero attached hydrogens (tertiary/aromatic N) is 1. The second-order valence-electron chi connectivity index (χ2n) is 8.75. The van der Waals surface area contributed by atoms with Gasteiger partial charge in [-0.15, -0.1) is 0 Å². The third-order valence-corrected chi connectivity index (χ3v) is 6.62. The number of aromatic amines is 1. The van der Waals surface area contributed by atoms with Crippen molar-refractivity contribution in [2.45, 2.75) is 44.9 Å². The van der Waals surface area contributed by atoms with Crippen molar-refractivity contribution in [3.05, 3.63) is 53.2 Å². The Morgan fingerprint density at radius 3 is 2.81 bits per heavy atom. The van der Waals surface area contributed by atoms with E-state index < -0.39 is 6.10 Å². The van der Waals surface area contributed by atoms with E-state index in [1.165, 1.54) is 5.56 Å². The number of benzene rings is 2. The van der Waals surface area contributed by atoms with Crippen molar-refractivity contribution in [1.82, 2.24) is 9.88 Å². The Morgan fingerprint density at radius 1 is 1.16 bits per heavy atom. The zero-order valence-electron chi connectivity index (χ0n) is 18.5. The lowest BCUT2D eigenvalue weighted by Crippen LogP contribution is -2.48. The summed E-state index contributed by atoms with van der Waals surface area (Å²) >= 11 is 0. The fourth-order valence-corrected chi connectivity index (χ4v) is 4.73. The summed E-state index contributed by atoms with van der Waals surface area (Å²) in [6, 6.07) is 11.9. The van der Waals surface area contributed by atoms with Gasteiger partial charge in [-0.1, -0.05) is 6.07 Å². The first-order chi connectivity index (χ1) is 15.5. The number of hydrogen-bond donors (Lipinski definition) is 3. The van der Waals surface area contributed by atoms with Crippen LogP contribution in [0.1, 0.15) is 29.7 Å². The highest BCUT2D eigenvalue weighted by atomic mass is 16.5. The molecule has 0 spiro atoms. The van der Waals surface area contributed by atoms with Crippen molar-refractivity contribution >= 4 is 22.5 Å². The lowest BCUT2D eigenvalue weighted by molar-refractivity contribution is -0.116. The number of aliphatic hydroxyl groups is 1. The number of rotatable bonds is 5. The number of carbonyl (C=O) groups excluding carboxylic acids is 1. The van der Waals surface area contributed by atoms with Gasteiger partial charge in [-0.05, 0) is 55.2 Å². The van der Waals surface area contributed by atoms with E-state index in [0.717, 1.165) is 59.5 Å². The van der Waals surface area contributed by atoms with Crippen molar-refractivity contribution in [2.24, 2.45) is 0 Å². The number of fused-ring (bicyclic) bond motifs is 2. The summed E-state index contributed by atoms with van der Waals surface area (Å²) in [6.45, 7) is 4.25. The molecule has 32 heavy (non-hydrogen) atoms. The first-order valence-electron chi connectivity index (χ1n) is 11.1. The normalized spacial score (nSPS) is 21.3. The molecule has 1 amide bonds. The highest BCUT2D eigenvalue weighted by Crippen LogP contribution is 2.30. The van der Waals surface area contributed by atoms with Gasteiger partial charge < -0.3 is 24.9 Å². The molecule has 3 aromatic rings. The number of carbonyl (C=O) groups is 1. The molecule has 1 fully saturated rings. The number of H-pyrrole nitrogens is 1. The summed E-state index contributed by atoms with van der Waals surface area (Å²) < 4.78 is 11.5. The number of nitrogens with one attached hydrogen (secondary N) is 2. The number of aryl methyl sites for hydroxylation is 2. The van der Waals surface area contributed by atoms with E-state index in [2.05, 4.69) is 28.2 Å². The number of aliphatic hydroxyl groups excluding tert-OH is 1. The number of methoxy groups -OCH3 is 1. The zero-order valence-corrected chi connectivity index (χ0v) is 18.5. The summed E-state index contributed by atoms with van der Waals surface area (Å²) in [7, 11) is 1.68. The van der Waals surface area contributed by atoms with Gasteiger partial charge in [0.05, 0.1) is 7.11 Å². The van der Waals surface area contributed by atoms with Crippen LogP contribution in [0, 0.1) is 6.92 Å². The predicted octanol–water partition coefficient (Wildman–Crippen LogP) is 3.38. The van der Waals surface area contributed by atoms with Crippen LogP contribution < -0.4 is 14.8 Å². The van der Waals surface area contributed by atoms with Crippen molar-refractivity contribution in [3.8, 4) is 11.5 Å². The quantitative estimate of drug-likeness (QED) is 0.572. The molecule has 3 N–H and O–H groups in total. The third-order valence-electron chi connectivity index (χ3n) is 6.62. The largest absolute Gasteiger partial charge is 0.497 e. The molecule has 7 nitrogen and oxygen atoms in total. The Balaban J connectivity index is 1.23. The van der Waals surface area contributed by atoms with Crippen LogP contribution in [0.15, 0.2) is 36.4 Å². The Hall–Kier alpha value is -3.03. The van der Waals surface area contributed by atoms with Crippen LogP contribution >= 0.6 is 0 Å². The first kappa shape index (κ1) is 20.8. The van der Waals surface area contributed by atoms with E-state index in [1.807, 2.05) is 30.3 Å². The molecule has 0 unspecified atom stereocenters. The molecule has 0 bridgehead atoms. The van der Waals surface area contributed by atoms with Crippen LogP contribution in [0.25, 0.3) is 10.9 Å². The summed E-state index contributed by atoms with van der Waals surface area (Å²) in [5, 5.41) is 14.8. The Kier molecular flexibility index (Phi) is 5.53. The lowest BCUT2D eigenvalue weighted by Gasteiger charge is -2.36. The maximum atomic E-state index is 11.7. The standard InChI is InChI=1S/C25H29N3O4/c1-15-19-11-17(31-2)6-7-20(19)26-22(15)13-28-10-9-24(23(29)14-28)32-18-5-3-16-4-8-25(30)27-21(16)12-18/h3,5-7,11-12,23-24,26,29H,4,8-10,13-14H2,1-2H3,(H,27,30)/t23-,24-/m1/s1. The fourth-order valence-electron chi connectivity index (χ4n) is 4.73. The molecule has 2 aromatic carbocycles.